The third-order valence-corrected chi connectivity index (χ3v) is 5.06. The van der Waals surface area contributed by atoms with Crippen molar-refractivity contribution in [1.29, 1.82) is 0 Å². The topological polar surface area (TPSA) is 67.5 Å². The molecule has 0 spiro atoms. The molecule has 1 amide bonds. The molecule has 2 aromatic carbocycles. The fourth-order valence-electron chi connectivity index (χ4n) is 2.67. The Balaban J connectivity index is 1.46. The number of rotatable bonds is 7. The Bertz CT molecular complexity index is 898. The van der Waals surface area contributed by atoms with Crippen molar-refractivity contribution in [2.75, 3.05) is 5.32 Å². The molecule has 0 bridgehead atoms. The number of nitrogens with two attached hydrogens (primary N) is 1. The highest BCUT2D eigenvalue weighted by molar-refractivity contribution is 7.12. The van der Waals surface area contributed by atoms with E-state index in [2.05, 4.69) is 10.3 Å². The molecule has 27 heavy (non-hydrogen) atoms. The largest absolute Gasteiger partial charge is 0.383 e. The summed E-state index contributed by atoms with van der Waals surface area (Å²) >= 11 is 1.57. The smallest absolute Gasteiger partial charge is 0.224 e. The van der Waals surface area contributed by atoms with Crippen LogP contribution in [0, 0.1) is 6.92 Å². The average Bonchev–Trinajstić information content (AvgIpc) is 3.20. The van der Waals surface area contributed by atoms with Crippen LogP contribution in [0.1, 0.15) is 28.8 Å². The van der Waals surface area contributed by atoms with Crippen molar-refractivity contribution in [2.45, 2.75) is 26.2 Å². The molecule has 3 aromatic rings. The van der Waals surface area contributed by atoms with Crippen LogP contribution in [-0.4, -0.2) is 11.7 Å². The first-order valence-corrected chi connectivity index (χ1v) is 9.81. The molecule has 0 atom stereocenters. The van der Waals surface area contributed by atoms with E-state index in [1.165, 1.54) is 11.1 Å². The van der Waals surface area contributed by atoms with Crippen LogP contribution in [0.4, 0.5) is 11.4 Å². The Morgan fingerprint density at radius 2 is 1.81 bits per heavy atom. The van der Waals surface area contributed by atoms with Gasteiger partial charge in [0, 0.05) is 12.1 Å². The summed E-state index contributed by atoms with van der Waals surface area (Å²) < 4.78 is 0. The average molecular weight is 378 g/mol. The van der Waals surface area contributed by atoms with Crippen LogP contribution in [0.15, 0.2) is 71.0 Å². The highest BCUT2D eigenvalue weighted by atomic mass is 32.1. The number of amidine groups is 1. The lowest BCUT2D eigenvalue weighted by molar-refractivity contribution is -0.116. The van der Waals surface area contributed by atoms with E-state index in [0.717, 1.165) is 29.1 Å². The molecule has 0 saturated carbocycles. The van der Waals surface area contributed by atoms with Crippen molar-refractivity contribution in [3.63, 3.8) is 0 Å². The number of carbonyl (C=O) groups excluding carboxylic acids is 1. The van der Waals surface area contributed by atoms with Crippen molar-refractivity contribution < 1.29 is 4.79 Å². The second-order valence-corrected chi connectivity index (χ2v) is 7.36. The quantitative estimate of drug-likeness (QED) is 0.447. The van der Waals surface area contributed by atoms with E-state index < -0.39 is 0 Å². The molecule has 5 heteroatoms. The van der Waals surface area contributed by atoms with Crippen LogP contribution in [0.3, 0.4) is 0 Å². The molecule has 0 unspecified atom stereocenters. The minimum absolute atomic E-state index is 0.0452. The van der Waals surface area contributed by atoms with Gasteiger partial charge in [-0.2, -0.15) is 0 Å². The van der Waals surface area contributed by atoms with Gasteiger partial charge >= 0.3 is 0 Å². The maximum absolute atomic E-state index is 12.0. The van der Waals surface area contributed by atoms with Crippen LogP contribution < -0.4 is 11.1 Å². The summed E-state index contributed by atoms with van der Waals surface area (Å²) in [6.45, 7) is 2.03. The number of aryl methyl sites for hydroxylation is 2. The lowest BCUT2D eigenvalue weighted by Crippen LogP contribution is -2.11. The van der Waals surface area contributed by atoms with Gasteiger partial charge in [0.2, 0.25) is 5.91 Å². The Hall–Kier alpha value is -2.92. The predicted octanol–water partition coefficient (Wildman–Crippen LogP) is 5.05. The van der Waals surface area contributed by atoms with Crippen molar-refractivity contribution >= 4 is 34.5 Å². The summed E-state index contributed by atoms with van der Waals surface area (Å²) in [7, 11) is 0. The Morgan fingerprint density at radius 3 is 2.48 bits per heavy atom. The summed E-state index contributed by atoms with van der Waals surface area (Å²) in [6.07, 6.45) is 2.16. The zero-order valence-corrected chi connectivity index (χ0v) is 16.1. The maximum atomic E-state index is 12.0. The fraction of sp³-hybridized carbons (Fsp3) is 0.182. The van der Waals surface area contributed by atoms with E-state index in [1.54, 1.807) is 11.3 Å². The number of amides is 1. The van der Waals surface area contributed by atoms with Crippen LogP contribution in [0.25, 0.3) is 0 Å². The molecule has 3 N–H and O–H groups in total. The summed E-state index contributed by atoms with van der Waals surface area (Å²) in [4.78, 5) is 17.4. The molecule has 1 aromatic heterocycles. The van der Waals surface area contributed by atoms with E-state index in [-0.39, 0.29) is 5.91 Å². The minimum atomic E-state index is 0.0452. The first-order valence-electron chi connectivity index (χ1n) is 8.94. The highest BCUT2D eigenvalue weighted by Gasteiger charge is 2.04. The van der Waals surface area contributed by atoms with Gasteiger partial charge in [-0.25, -0.2) is 4.99 Å². The first kappa shape index (κ1) is 18.9. The van der Waals surface area contributed by atoms with E-state index >= 15 is 0 Å². The molecule has 1 heterocycles. The molecular formula is C22H23N3OS. The lowest BCUT2D eigenvalue weighted by Gasteiger charge is -2.06. The zero-order chi connectivity index (χ0) is 19.1. The first-order chi connectivity index (χ1) is 13.1. The Kier molecular flexibility index (Phi) is 6.39. The molecule has 3 rings (SSSR count). The van der Waals surface area contributed by atoms with Gasteiger partial charge in [-0.1, -0.05) is 35.9 Å². The van der Waals surface area contributed by atoms with Gasteiger partial charge in [0.05, 0.1) is 10.6 Å². The lowest BCUT2D eigenvalue weighted by atomic mass is 10.1. The van der Waals surface area contributed by atoms with Gasteiger partial charge in [0.25, 0.3) is 0 Å². The summed E-state index contributed by atoms with van der Waals surface area (Å²) in [5.41, 5.74) is 10.1. The molecular weight excluding hydrogens is 354 g/mol. The summed E-state index contributed by atoms with van der Waals surface area (Å²) in [5.74, 6) is 0.578. The number of carbonyl (C=O) groups is 1. The van der Waals surface area contributed by atoms with E-state index in [4.69, 9.17) is 5.73 Å². The number of thiophene rings is 1. The number of nitrogens with zero attached hydrogens (tertiary/aromatic N) is 1. The van der Waals surface area contributed by atoms with Crippen molar-refractivity contribution in [2.24, 2.45) is 10.7 Å². The number of anilines is 1. The van der Waals surface area contributed by atoms with Crippen LogP contribution in [0.5, 0.6) is 0 Å². The van der Waals surface area contributed by atoms with Gasteiger partial charge in [0.1, 0.15) is 5.84 Å². The number of benzene rings is 2. The minimum Gasteiger partial charge on any atom is -0.383 e. The molecule has 0 aliphatic rings. The molecule has 0 fully saturated rings. The van der Waals surface area contributed by atoms with Crippen LogP contribution in [0.2, 0.25) is 0 Å². The predicted molar refractivity (Wildman–Crippen MR) is 114 cm³/mol. The van der Waals surface area contributed by atoms with Crippen molar-refractivity contribution in [3.8, 4) is 0 Å². The zero-order valence-electron chi connectivity index (χ0n) is 15.3. The van der Waals surface area contributed by atoms with E-state index in [1.807, 2.05) is 73.0 Å². The normalized spacial score (nSPS) is 11.4. The molecule has 0 saturated heterocycles. The maximum Gasteiger partial charge on any atom is 0.224 e. The Morgan fingerprint density at radius 1 is 1.07 bits per heavy atom. The van der Waals surface area contributed by atoms with Gasteiger partial charge < -0.3 is 11.1 Å². The van der Waals surface area contributed by atoms with Gasteiger partial charge in [-0.3, -0.25) is 4.79 Å². The monoisotopic (exact) mass is 377 g/mol. The molecule has 0 radical (unpaired) electrons. The third kappa shape index (κ3) is 5.79. The van der Waals surface area contributed by atoms with Gasteiger partial charge in [0.15, 0.2) is 0 Å². The SMILES string of the molecule is Cc1ccc(NC(=O)CCCc2ccc(N=C(N)c3cccs3)cc2)cc1. The molecule has 138 valence electrons. The third-order valence-electron chi connectivity index (χ3n) is 4.16. The van der Waals surface area contributed by atoms with Crippen LogP contribution >= 0.6 is 11.3 Å². The fourth-order valence-corrected chi connectivity index (χ4v) is 3.30. The molecule has 0 aliphatic heterocycles. The number of aliphatic imine (C=N–C) groups is 1. The number of nitrogens with one attached hydrogen (secondary N) is 1. The van der Waals surface area contributed by atoms with Crippen LogP contribution in [-0.2, 0) is 11.2 Å². The van der Waals surface area contributed by atoms with Crippen molar-refractivity contribution in [1.82, 2.24) is 0 Å². The number of hydrogen-bond donors (Lipinski definition) is 2. The standard InChI is InChI=1S/C22H23N3OS/c1-16-7-11-18(12-8-16)24-21(26)6-2-4-17-9-13-19(14-10-17)25-22(23)20-5-3-15-27-20/h3,5,7-15H,2,4,6H2,1H3,(H2,23,25)(H,24,26). The molecule has 4 nitrogen and oxygen atoms in total. The summed E-state index contributed by atoms with van der Waals surface area (Å²) in [6, 6.07) is 19.7. The summed E-state index contributed by atoms with van der Waals surface area (Å²) in [5, 5.41) is 4.91. The number of hydrogen-bond acceptors (Lipinski definition) is 3. The van der Waals surface area contributed by atoms with Gasteiger partial charge in [-0.05, 0) is 61.0 Å². The second kappa shape index (κ2) is 9.14. The Labute approximate surface area is 163 Å². The highest BCUT2D eigenvalue weighted by Crippen LogP contribution is 2.17. The van der Waals surface area contributed by atoms with Crippen molar-refractivity contribution in [3.05, 3.63) is 82.0 Å². The molecule has 0 aliphatic carbocycles. The van der Waals surface area contributed by atoms with E-state index in [0.29, 0.717) is 12.3 Å². The van der Waals surface area contributed by atoms with Gasteiger partial charge in [-0.15, -0.1) is 11.3 Å². The van der Waals surface area contributed by atoms with E-state index in [9.17, 15) is 4.79 Å². The second-order valence-electron chi connectivity index (χ2n) is 6.41.